The Morgan fingerprint density at radius 3 is 2.31 bits per heavy atom. The van der Waals surface area contributed by atoms with Crippen molar-refractivity contribution in [2.24, 2.45) is 0 Å². The van der Waals surface area contributed by atoms with E-state index in [4.69, 9.17) is 4.74 Å². The van der Waals surface area contributed by atoms with Gasteiger partial charge in [0, 0.05) is 22.7 Å². The van der Waals surface area contributed by atoms with E-state index in [1.807, 2.05) is 0 Å². The molecule has 2 aromatic carbocycles. The van der Waals surface area contributed by atoms with Gasteiger partial charge in [0.05, 0.1) is 18.5 Å². The van der Waals surface area contributed by atoms with Gasteiger partial charge in [-0.25, -0.2) is 8.78 Å². The number of phenols is 1. The third-order valence-electron chi connectivity index (χ3n) is 4.65. The number of hydrogen-bond acceptors (Lipinski definition) is 5. The van der Waals surface area contributed by atoms with Crippen molar-refractivity contribution in [1.29, 1.82) is 0 Å². The van der Waals surface area contributed by atoms with E-state index < -0.39 is 47.8 Å². The van der Waals surface area contributed by atoms with Crippen molar-refractivity contribution in [1.82, 2.24) is 4.57 Å². The minimum atomic E-state index is -4.92. The molecule has 0 amide bonds. The SMILES string of the molecule is CCOC(=O)Cc1c(C)n(C(=O)c2ccc(OC(F)(F)F)cc2)c2cc(F)c(O)c(F)c12. The van der Waals surface area contributed by atoms with Crippen molar-refractivity contribution >= 4 is 22.8 Å². The van der Waals surface area contributed by atoms with Crippen molar-refractivity contribution < 1.29 is 46.1 Å². The van der Waals surface area contributed by atoms with E-state index in [-0.39, 0.29) is 34.3 Å². The van der Waals surface area contributed by atoms with Gasteiger partial charge in [-0.3, -0.25) is 14.2 Å². The monoisotopic (exact) mass is 457 g/mol. The quantitative estimate of drug-likeness (QED) is 0.447. The summed E-state index contributed by atoms with van der Waals surface area (Å²) in [5, 5.41) is 9.33. The first-order valence-electron chi connectivity index (χ1n) is 9.21. The lowest BCUT2D eigenvalue weighted by Crippen LogP contribution is -2.17. The molecule has 0 aliphatic heterocycles. The van der Waals surface area contributed by atoms with Crippen LogP contribution in [0.4, 0.5) is 22.0 Å². The molecule has 3 rings (SSSR count). The Bertz CT molecular complexity index is 1200. The Hall–Kier alpha value is -3.63. The maximum atomic E-state index is 14.7. The minimum absolute atomic E-state index is 0.00313. The van der Waals surface area contributed by atoms with Crippen LogP contribution < -0.4 is 4.74 Å². The second kappa shape index (κ2) is 8.48. The van der Waals surface area contributed by atoms with Gasteiger partial charge in [0.1, 0.15) is 5.75 Å². The van der Waals surface area contributed by atoms with Gasteiger partial charge in [-0.05, 0) is 43.7 Å². The van der Waals surface area contributed by atoms with Crippen molar-refractivity contribution in [3.63, 3.8) is 0 Å². The molecule has 1 heterocycles. The smallest absolute Gasteiger partial charge is 0.503 e. The second-order valence-corrected chi connectivity index (χ2v) is 6.67. The number of ether oxygens (including phenoxy) is 2. The fourth-order valence-corrected chi connectivity index (χ4v) is 3.32. The number of carbonyl (C=O) groups excluding carboxylic acids is 2. The summed E-state index contributed by atoms with van der Waals surface area (Å²) in [7, 11) is 0. The summed E-state index contributed by atoms with van der Waals surface area (Å²) in [6.07, 6.45) is -5.38. The van der Waals surface area contributed by atoms with Crippen LogP contribution >= 0.6 is 0 Å². The number of phenolic OH excluding ortho intramolecular Hbond substituents is 1. The third kappa shape index (κ3) is 4.36. The average molecular weight is 457 g/mol. The van der Waals surface area contributed by atoms with E-state index in [1.54, 1.807) is 6.92 Å². The van der Waals surface area contributed by atoms with E-state index in [0.717, 1.165) is 34.9 Å². The number of alkyl halides is 3. The molecule has 1 N–H and O–H groups in total. The number of hydrogen-bond donors (Lipinski definition) is 1. The van der Waals surface area contributed by atoms with Gasteiger partial charge < -0.3 is 14.6 Å². The van der Waals surface area contributed by atoms with E-state index in [9.17, 15) is 36.6 Å². The molecule has 0 atom stereocenters. The molecule has 0 saturated heterocycles. The molecule has 170 valence electrons. The first-order valence-corrected chi connectivity index (χ1v) is 9.21. The van der Waals surface area contributed by atoms with Crippen molar-refractivity contribution in [2.75, 3.05) is 6.61 Å². The number of fused-ring (bicyclic) bond motifs is 1. The van der Waals surface area contributed by atoms with Gasteiger partial charge >= 0.3 is 12.3 Å². The van der Waals surface area contributed by atoms with Gasteiger partial charge in [0.25, 0.3) is 5.91 Å². The maximum absolute atomic E-state index is 14.7. The third-order valence-corrected chi connectivity index (χ3v) is 4.65. The molecule has 0 aliphatic rings. The lowest BCUT2D eigenvalue weighted by molar-refractivity contribution is -0.274. The number of nitrogens with zero attached hydrogens (tertiary/aromatic N) is 1. The Labute approximate surface area is 177 Å². The summed E-state index contributed by atoms with van der Waals surface area (Å²) in [6.45, 7) is 2.98. The topological polar surface area (TPSA) is 77.8 Å². The summed E-state index contributed by atoms with van der Waals surface area (Å²) in [4.78, 5) is 25.1. The molecular weight excluding hydrogens is 441 g/mol. The first-order chi connectivity index (χ1) is 14.9. The predicted molar refractivity (Wildman–Crippen MR) is 101 cm³/mol. The lowest BCUT2D eigenvalue weighted by atomic mass is 10.1. The number of rotatable bonds is 5. The van der Waals surface area contributed by atoms with Crippen LogP contribution in [0.5, 0.6) is 11.5 Å². The zero-order valence-corrected chi connectivity index (χ0v) is 16.7. The fraction of sp³-hybridized carbons (Fsp3) is 0.238. The summed E-state index contributed by atoms with van der Waals surface area (Å²) in [6, 6.07) is 4.65. The highest BCUT2D eigenvalue weighted by Crippen LogP contribution is 2.35. The Morgan fingerprint density at radius 2 is 1.75 bits per heavy atom. The molecule has 0 radical (unpaired) electrons. The number of aromatic hydroxyl groups is 1. The van der Waals surface area contributed by atoms with Crippen LogP contribution in [0.2, 0.25) is 0 Å². The summed E-state index contributed by atoms with van der Waals surface area (Å²) >= 11 is 0. The molecule has 0 bridgehead atoms. The molecule has 3 aromatic rings. The molecular formula is C21H16F5NO5. The van der Waals surface area contributed by atoms with Crippen LogP contribution in [0.3, 0.4) is 0 Å². The van der Waals surface area contributed by atoms with Crippen LogP contribution in [0.25, 0.3) is 10.9 Å². The molecule has 1 aromatic heterocycles. The highest BCUT2D eigenvalue weighted by atomic mass is 19.4. The first kappa shape index (κ1) is 23.0. The van der Waals surface area contributed by atoms with Gasteiger partial charge in [-0.2, -0.15) is 0 Å². The second-order valence-electron chi connectivity index (χ2n) is 6.67. The van der Waals surface area contributed by atoms with Gasteiger partial charge in [0.15, 0.2) is 17.4 Å². The van der Waals surface area contributed by atoms with Gasteiger partial charge in [-0.15, -0.1) is 13.2 Å². The van der Waals surface area contributed by atoms with Gasteiger partial charge in [-0.1, -0.05) is 0 Å². The number of carbonyl (C=O) groups is 2. The standard InChI is InChI=1S/C21H16F5NO5/c1-3-31-16(28)8-13-10(2)27(15-9-14(22)19(29)18(23)17(13)15)20(30)11-4-6-12(7-5-11)32-21(24,25)26/h4-7,9,29H,3,8H2,1-2H3. The summed E-state index contributed by atoms with van der Waals surface area (Å²) < 4.78 is 75.3. The number of halogens is 5. The van der Waals surface area contributed by atoms with Crippen LogP contribution in [0.15, 0.2) is 30.3 Å². The van der Waals surface area contributed by atoms with Crippen LogP contribution in [-0.2, 0) is 16.0 Å². The van der Waals surface area contributed by atoms with Crippen LogP contribution in [-0.4, -0.2) is 34.5 Å². The molecule has 6 nitrogen and oxygen atoms in total. The lowest BCUT2D eigenvalue weighted by Gasteiger charge is -2.11. The average Bonchev–Trinajstić information content (AvgIpc) is 2.96. The molecule has 0 saturated carbocycles. The molecule has 32 heavy (non-hydrogen) atoms. The maximum Gasteiger partial charge on any atom is 0.573 e. The molecule has 11 heteroatoms. The van der Waals surface area contributed by atoms with Crippen molar-refractivity contribution in [3.8, 4) is 11.5 Å². The van der Waals surface area contributed by atoms with Crippen molar-refractivity contribution in [2.45, 2.75) is 26.6 Å². The van der Waals surface area contributed by atoms with Crippen LogP contribution in [0.1, 0.15) is 28.5 Å². The molecule has 0 fully saturated rings. The predicted octanol–water partition coefficient (Wildman–Crippen LogP) is 4.63. The molecule has 0 spiro atoms. The largest absolute Gasteiger partial charge is 0.573 e. The summed E-state index contributed by atoms with van der Waals surface area (Å²) in [5.74, 6) is -6.10. The zero-order chi connectivity index (χ0) is 23.8. The highest BCUT2D eigenvalue weighted by molar-refractivity contribution is 6.05. The molecule has 0 unspecified atom stereocenters. The van der Waals surface area contributed by atoms with E-state index in [2.05, 4.69) is 4.74 Å². The number of benzene rings is 2. The Morgan fingerprint density at radius 1 is 1.12 bits per heavy atom. The zero-order valence-electron chi connectivity index (χ0n) is 16.7. The Balaban J connectivity index is 2.14. The van der Waals surface area contributed by atoms with E-state index >= 15 is 0 Å². The number of esters is 1. The van der Waals surface area contributed by atoms with Crippen LogP contribution in [0, 0.1) is 18.6 Å². The van der Waals surface area contributed by atoms with Gasteiger partial charge in [0.2, 0.25) is 0 Å². The van der Waals surface area contributed by atoms with Crippen molar-refractivity contribution in [3.05, 3.63) is 58.8 Å². The minimum Gasteiger partial charge on any atom is -0.503 e. The van der Waals surface area contributed by atoms with E-state index in [1.165, 1.54) is 6.92 Å². The summed E-state index contributed by atoms with van der Waals surface area (Å²) in [5.41, 5.74) is -0.319. The molecule has 0 aliphatic carbocycles. The highest BCUT2D eigenvalue weighted by Gasteiger charge is 2.31. The normalized spacial score (nSPS) is 11.6. The number of aromatic nitrogens is 1. The fourth-order valence-electron chi connectivity index (χ4n) is 3.32. The van der Waals surface area contributed by atoms with E-state index in [0.29, 0.717) is 0 Å². The Kier molecular flexibility index (Phi) is 6.11.